The van der Waals surface area contributed by atoms with Gasteiger partial charge in [-0.25, -0.2) is 0 Å². The van der Waals surface area contributed by atoms with Crippen molar-refractivity contribution in [2.24, 2.45) is 7.05 Å². The first-order chi connectivity index (χ1) is 14.3. The van der Waals surface area contributed by atoms with Gasteiger partial charge in [0.15, 0.2) is 0 Å². The molecule has 0 fully saturated rings. The van der Waals surface area contributed by atoms with Crippen molar-refractivity contribution in [1.82, 2.24) is 9.47 Å². The number of carbonyl (C=O) groups is 2. The third-order valence-corrected chi connectivity index (χ3v) is 4.96. The lowest BCUT2D eigenvalue weighted by Gasteiger charge is -2.30. The van der Waals surface area contributed by atoms with E-state index in [0.717, 1.165) is 11.1 Å². The molecule has 1 heterocycles. The Morgan fingerprint density at radius 2 is 1.77 bits per heavy atom. The number of aryl methyl sites for hydroxylation is 1. The molecule has 2 amide bonds. The molecule has 30 heavy (non-hydrogen) atoms. The van der Waals surface area contributed by atoms with Gasteiger partial charge in [-0.3, -0.25) is 14.4 Å². The Morgan fingerprint density at radius 3 is 2.43 bits per heavy atom. The van der Waals surface area contributed by atoms with Gasteiger partial charge in [0.25, 0.3) is 11.5 Å². The highest BCUT2D eigenvalue weighted by Gasteiger charge is 2.24. The maximum Gasteiger partial charge on any atom is 0.254 e. The minimum absolute atomic E-state index is 0.155. The second kappa shape index (κ2) is 9.22. The molecular formula is C24H25N3O3. The van der Waals surface area contributed by atoms with Gasteiger partial charge in [-0.05, 0) is 36.2 Å². The van der Waals surface area contributed by atoms with E-state index < -0.39 is 0 Å². The monoisotopic (exact) mass is 403 g/mol. The van der Waals surface area contributed by atoms with Gasteiger partial charge in [0, 0.05) is 44.0 Å². The molecular weight excluding hydrogens is 378 g/mol. The predicted molar refractivity (Wildman–Crippen MR) is 117 cm³/mol. The van der Waals surface area contributed by atoms with E-state index in [1.165, 1.54) is 17.6 Å². The molecule has 0 saturated heterocycles. The lowest BCUT2D eigenvalue weighted by molar-refractivity contribution is -0.114. The van der Waals surface area contributed by atoms with E-state index in [2.05, 4.69) is 5.32 Å². The number of benzene rings is 2. The first-order valence-electron chi connectivity index (χ1n) is 9.74. The average Bonchev–Trinajstić information content (AvgIpc) is 2.73. The molecule has 1 atom stereocenters. The van der Waals surface area contributed by atoms with E-state index in [1.54, 1.807) is 24.2 Å². The van der Waals surface area contributed by atoms with Gasteiger partial charge in [0.2, 0.25) is 5.91 Å². The number of carbonyl (C=O) groups excluding carboxylic acids is 2. The Labute approximate surface area is 175 Å². The highest BCUT2D eigenvalue weighted by atomic mass is 16.2. The van der Waals surface area contributed by atoms with Gasteiger partial charge in [0.1, 0.15) is 0 Å². The van der Waals surface area contributed by atoms with Gasteiger partial charge in [-0.2, -0.15) is 0 Å². The highest BCUT2D eigenvalue weighted by molar-refractivity contribution is 5.94. The molecule has 0 aliphatic carbocycles. The molecule has 6 heteroatoms. The fourth-order valence-electron chi connectivity index (χ4n) is 3.27. The van der Waals surface area contributed by atoms with Crippen LogP contribution in [0.1, 0.15) is 41.4 Å². The normalized spacial score (nSPS) is 11.6. The summed E-state index contributed by atoms with van der Waals surface area (Å²) in [6.45, 7) is 3.78. The highest BCUT2D eigenvalue weighted by Crippen LogP contribution is 2.26. The van der Waals surface area contributed by atoms with Crippen molar-refractivity contribution in [3.05, 3.63) is 100.0 Å². The summed E-state index contributed by atoms with van der Waals surface area (Å²) >= 11 is 0. The number of aromatic nitrogens is 1. The van der Waals surface area contributed by atoms with Crippen LogP contribution in [-0.2, 0) is 18.4 Å². The molecule has 0 radical (unpaired) electrons. The topological polar surface area (TPSA) is 71.4 Å². The van der Waals surface area contributed by atoms with Gasteiger partial charge in [-0.1, -0.05) is 42.5 Å². The lowest BCUT2D eigenvalue weighted by atomic mass is 10.0. The molecule has 1 aromatic heterocycles. The third-order valence-electron chi connectivity index (χ3n) is 4.96. The lowest BCUT2D eigenvalue weighted by Crippen LogP contribution is -2.34. The van der Waals surface area contributed by atoms with Crippen LogP contribution in [0.2, 0.25) is 0 Å². The van der Waals surface area contributed by atoms with Crippen LogP contribution in [-0.4, -0.2) is 21.3 Å². The van der Waals surface area contributed by atoms with Crippen molar-refractivity contribution in [2.75, 3.05) is 5.32 Å². The quantitative estimate of drug-likeness (QED) is 0.681. The molecule has 3 rings (SSSR count). The van der Waals surface area contributed by atoms with Gasteiger partial charge in [0.05, 0.1) is 6.04 Å². The molecule has 0 aliphatic rings. The van der Waals surface area contributed by atoms with Crippen molar-refractivity contribution in [3.8, 4) is 0 Å². The number of nitrogens with one attached hydrogen (secondary N) is 1. The second-order valence-electron chi connectivity index (χ2n) is 7.27. The van der Waals surface area contributed by atoms with Gasteiger partial charge >= 0.3 is 0 Å². The second-order valence-corrected chi connectivity index (χ2v) is 7.27. The van der Waals surface area contributed by atoms with E-state index >= 15 is 0 Å². The third kappa shape index (κ3) is 5.03. The molecule has 1 N–H and O–H groups in total. The Kier molecular flexibility index (Phi) is 6.47. The summed E-state index contributed by atoms with van der Waals surface area (Å²) in [4.78, 5) is 38.6. The minimum atomic E-state index is -0.282. The zero-order valence-electron chi connectivity index (χ0n) is 17.3. The standard InChI is InChI=1S/C24H25N3O3/c1-17(20-10-7-11-22(14-20)25-18(2)28)27(16-19-8-5-4-6-9-19)24(30)21-12-13-26(3)23(29)15-21/h4-15,17H,16H2,1-3H3,(H,25,28). The fraction of sp³-hybridized carbons (Fsp3) is 0.208. The number of pyridine rings is 1. The van der Waals surface area contributed by atoms with Gasteiger partial charge < -0.3 is 14.8 Å². The Balaban J connectivity index is 1.98. The molecule has 6 nitrogen and oxygen atoms in total. The number of amides is 2. The fourth-order valence-corrected chi connectivity index (χ4v) is 3.27. The van der Waals surface area contributed by atoms with Crippen LogP contribution in [0, 0.1) is 0 Å². The van der Waals surface area contributed by atoms with E-state index in [0.29, 0.717) is 17.8 Å². The molecule has 0 bridgehead atoms. The molecule has 0 aliphatic heterocycles. The van der Waals surface area contributed by atoms with Crippen LogP contribution in [0.3, 0.4) is 0 Å². The molecule has 1 unspecified atom stereocenters. The number of anilines is 1. The maximum atomic E-state index is 13.4. The van der Waals surface area contributed by atoms with Crippen molar-refractivity contribution >= 4 is 17.5 Å². The smallest absolute Gasteiger partial charge is 0.254 e. The van der Waals surface area contributed by atoms with Crippen LogP contribution in [0.15, 0.2) is 77.7 Å². The SMILES string of the molecule is CC(=O)Nc1cccc(C(C)N(Cc2ccccc2)C(=O)c2ccn(C)c(=O)c2)c1. The van der Waals surface area contributed by atoms with Crippen LogP contribution >= 0.6 is 0 Å². The summed E-state index contributed by atoms with van der Waals surface area (Å²) in [6.07, 6.45) is 1.60. The van der Waals surface area contributed by atoms with E-state index in [9.17, 15) is 14.4 Å². The minimum Gasteiger partial charge on any atom is -0.328 e. The van der Waals surface area contributed by atoms with Crippen LogP contribution in [0.5, 0.6) is 0 Å². The van der Waals surface area contributed by atoms with Crippen molar-refractivity contribution in [3.63, 3.8) is 0 Å². The first kappa shape index (κ1) is 21.0. The number of nitrogens with zero attached hydrogens (tertiary/aromatic N) is 2. The van der Waals surface area contributed by atoms with Crippen molar-refractivity contribution < 1.29 is 9.59 Å². The summed E-state index contributed by atoms with van der Waals surface area (Å²) in [5.41, 5.74) is 2.65. The molecule has 3 aromatic rings. The van der Waals surface area contributed by atoms with Crippen LogP contribution in [0.25, 0.3) is 0 Å². The molecule has 0 saturated carbocycles. The molecule has 2 aromatic carbocycles. The van der Waals surface area contributed by atoms with Gasteiger partial charge in [-0.15, -0.1) is 0 Å². The Hall–Kier alpha value is -3.67. The molecule has 154 valence electrons. The van der Waals surface area contributed by atoms with Crippen molar-refractivity contribution in [1.29, 1.82) is 0 Å². The average molecular weight is 403 g/mol. The summed E-state index contributed by atoms with van der Waals surface area (Å²) in [7, 11) is 1.65. The molecule has 0 spiro atoms. The van der Waals surface area contributed by atoms with E-state index in [4.69, 9.17) is 0 Å². The van der Waals surface area contributed by atoms with Crippen LogP contribution < -0.4 is 10.9 Å². The first-order valence-corrected chi connectivity index (χ1v) is 9.74. The van der Waals surface area contributed by atoms with Crippen LogP contribution in [0.4, 0.5) is 5.69 Å². The summed E-state index contributed by atoms with van der Waals surface area (Å²) < 4.78 is 1.43. The number of hydrogen-bond donors (Lipinski definition) is 1. The zero-order chi connectivity index (χ0) is 21.7. The van der Waals surface area contributed by atoms with Crippen molar-refractivity contribution in [2.45, 2.75) is 26.4 Å². The predicted octanol–water partition coefficient (Wildman–Crippen LogP) is 3.75. The summed E-state index contributed by atoms with van der Waals surface area (Å²) in [5.74, 6) is -0.383. The van der Waals surface area contributed by atoms with E-state index in [1.807, 2.05) is 61.5 Å². The maximum absolute atomic E-state index is 13.4. The number of hydrogen-bond acceptors (Lipinski definition) is 3. The number of rotatable bonds is 6. The summed E-state index contributed by atoms with van der Waals surface area (Å²) in [6, 6.07) is 19.9. The largest absolute Gasteiger partial charge is 0.328 e. The zero-order valence-corrected chi connectivity index (χ0v) is 17.3. The Morgan fingerprint density at radius 1 is 1.03 bits per heavy atom. The summed E-state index contributed by atoms with van der Waals surface area (Å²) in [5, 5.41) is 2.78. The Bertz CT molecular complexity index is 1110. The van der Waals surface area contributed by atoms with E-state index in [-0.39, 0.29) is 23.4 Å².